The summed E-state index contributed by atoms with van der Waals surface area (Å²) in [5, 5.41) is 0. The predicted molar refractivity (Wildman–Crippen MR) is 92.7 cm³/mol. The predicted octanol–water partition coefficient (Wildman–Crippen LogP) is 4.82. The maximum Gasteiger partial charge on any atom is 0.225 e. The molecule has 1 heterocycles. The summed E-state index contributed by atoms with van der Waals surface area (Å²) in [6.45, 7) is 6.07. The molecule has 0 N–H and O–H groups in total. The minimum absolute atomic E-state index is 0.174. The number of likely N-dealkylation sites (tertiary alicyclic amines) is 1. The minimum atomic E-state index is -0.174. The Hall–Kier alpha value is -1.38. The van der Waals surface area contributed by atoms with Crippen LogP contribution in [0.5, 0.6) is 0 Å². The number of carbonyl (C=O) groups excluding carboxylic acids is 1. The van der Waals surface area contributed by atoms with Crippen molar-refractivity contribution in [3.8, 4) is 0 Å². The van der Waals surface area contributed by atoms with Crippen LogP contribution in [-0.4, -0.2) is 23.9 Å². The fourth-order valence-corrected chi connectivity index (χ4v) is 3.52. The Morgan fingerprint density at radius 2 is 1.87 bits per heavy atom. The number of unbranched alkanes of at least 4 members (excludes halogenated alkanes) is 1. The number of benzene rings is 1. The minimum Gasteiger partial charge on any atom is -0.342 e. The lowest BCUT2D eigenvalue weighted by atomic mass is 9.89. The van der Waals surface area contributed by atoms with E-state index in [4.69, 9.17) is 0 Å². The van der Waals surface area contributed by atoms with Gasteiger partial charge in [-0.25, -0.2) is 4.39 Å². The molecule has 1 aromatic carbocycles. The smallest absolute Gasteiger partial charge is 0.225 e. The molecule has 1 saturated heterocycles. The molecule has 1 aliphatic rings. The van der Waals surface area contributed by atoms with Crippen molar-refractivity contribution in [3.63, 3.8) is 0 Å². The monoisotopic (exact) mass is 319 g/mol. The standard InChI is InChI=1S/C20H30FNO/c1-3-5-6-18(4-2)20(23)22-13-11-17(12-14-22)15-16-7-9-19(21)10-8-16/h7-10,17-18H,3-6,11-15H2,1-2H3. The van der Waals surface area contributed by atoms with Crippen LogP contribution in [0.15, 0.2) is 24.3 Å². The van der Waals surface area contributed by atoms with Crippen molar-refractivity contribution in [2.24, 2.45) is 11.8 Å². The Kier molecular flexibility index (Phi) is 7.07. The van der Waals surface area contributed by atoms with Crippen molar-refractivity contribution in [2.75, 3.05) is 13.1 Å². The fourth-order valence-electron chi connectivity index (χ4n) is 3.52. The Bertz CT molecular complexity index is 477. The van der Waals surface area contributed by atoms with Crippen molar-refractivity contribution in [1.29, 1.82) is 0 Å². The van der Waals surface area contributed by atoms with Gasteiger partial charge in [0.1, 0.15) is 5.82 Å². The van der Waals surface area contributed by atoms with E-state index in [1.807, 2.05) is 12.1 Å². The van der Waals surface area contributed by atoms with E-state index in [1.54, 1.807) is 0 Å². The number of carbonyl (C=O) groups is 1. The van der Waals surface area contributed by atoms with Crippen LogP contribution < -0.4 is 0 Å². The number of hydrogen-bond donors (Lipinski definition) is 0. The third-order valence-electron chi connectivity index (χ3n) is 5.11. The SMILES string of the molecule is CCCCC(CC)C(=O)N1CCC(Cc2ccc(F)cc2)CC1. The molecule has 0 aromatic heterocycles. The van der Waals surface area contributed by atoms with Crippen molar-refractivity contribution in [3.05, 3.63) is 35.6 Å². The first-order chi connectivity index (χ1) is 11.1. The van der Waals surface area contributed by atoms with Gasteiger partial charge in [-0.1, -0.05) is 38.8 Å². The van der Waals surface area contributed by atoms with Gasteiger partial charge in [0.05, 0.1) is 0 Å². The summed E-state index contributed by atoms with van der Waals surface area (Å²) in [5.41, 5.74) is 1.20. The Balaban J connectivity index is 1.80. The summed E-state index contributed by atoms with van der Waals surface area (Å²) >= 11 is 0. The quantitative estimate of drug-likeness (QED) is 0.705. The van der Waals surface area contributed by atoms with Gasteiger partial charge in [-0.3, -0.25) is 4.79 Å². The lowest BCUT2D eigenvalue weighted by Crippen LogP contribution is -2.42. The molecule has 1 amide bonds. The zero-order chi connectivity index (χ0) is 16.7. The van der Waals surface area contributed by atoms with Crippen molar-refractivity contribution < 1.29 is 9.18 Å². The lowest BCUT2D eigenvalue weighted by Gasteiger charge is -2.34. The molecule has 0 radical (unpaired) electrons. The van der Waals surface area contributed by atoms with E-state index < -0.39 is 0 Å². The van der Waals surface area contributed by atoms with Gasteiger partial charge in [-0.05, 0) is 55.7 Å². The van der Waals surface area contributed by atoms with Crippen LogP contribution in [-0.2, 0) is 11.2 Å². The third kappa shape index (κ3) is 5.33. The fraction of sp³-hybridized carbons (Fsp3) is 0.650. The molecule has 1 aliphatic heterocycles. The van der Waals surface area contributed by atoms with Gasteiger partial charge in [0.15, 0.2) is 0 Å². The summed E-state index contributed by atoms with van der Waals surface area (Å²) in [6, 6.07) is 6.83. The summed E-state index contributed by atoms with van der Waals surface area (Å²) < 4.78 is 13.0. The molecule has 0 spiro atoms. The average molecular weight is 319 g/mol. The second kappa shape index (κ2) is 9.05. The zero-order valence-corrected chi connectivity index (χ0v) is 14.6. The third-order valence-corrected chi connectivity index (χ3v) is 5.11. The summed E-state index contributed by atoms with van der Waals surface area (Å²) in [7, 11) is 0. The van der Waals surface area contributed by atoms with Crippen molar-refractivity contribution >= 4 is 5.91 Å². The van der Waals surface area contributed by atoms with Gasteiger partial charge in [-0.2, -0.15) is 0 Å². The molecular weight excluding hydrogens is 289 g/mol. The molecule has 1 atom stereocenters. The average Bonchev–Trinajstić information content (AvgIpc) is 2.58. The Morgan fingerprint density at radius 3 is 2.43 bits per heavy atom. The highest BCUT2D eigenvalue weighted by molar-refractivity contribution is 5.78. The Morgan fingerprint density at radius 1 is 1.22 bits per heavy atom. The number of halogens is 1. The number of hydrogen-bond acceptors (Lipinski definition) is 1. The van der Waals surface area contributed by atoms with Crippen LogP contribution in [0.3, 0.4) is 0 Å². The molecule has 1 fully saturated rings. The normalized spacial score (nSPS) is 17.3. The molecule has 1 aromatic rings. The molecule has 128 valence electrons. The van der Waals surface area contributed by atoms with E-state index >= 15 is 0 Å². The van der Waals surface area contributed by atoms with E-state index in [0.29, 0.717) is 11.8 Å². The maximum atomic E-state index is 13.0. The first-order valence-electron chi connectivity index (χ1n) is 9.17. The molecule has 23 heavy (non-hydrogen) atoms. The molecule has 2 rings (SSSR count). The highest BCUT2D eigenvalue weighted by Crippen LogP contribution is 2.24. The van der Waals surface area contributed by atoms with Gasteiger partial charge in [0, 0.05) is 19.0 Å². The summed E-state index contributed by atoms with van der Waals surface area (Å²) in [4.78, 5) is 14.7. The highest BCUT2D eigenvalue weighted by atomic mass is 19.1. The van der Waals surface area contributed by atoms with Gasteiger partial charge < -0.3 is 4.90 Å². The van der Waals surface area contributed by atoms with Crippen LogP contribution in [0.1, 0.15) is 57.9 Å². The van der Waals surface area contributed by atoms with E-state index in [9.17, 15) is 9.18 Å². The van der Waals surface area contributed by atoms with Gasteiger partial charge >= 0.3 is 0 Å². The van der Waals surface area contributed by atoms with Crippen LogP contribution in [0.2, 0.25) is 0 Å². The molecule has 0 bridgehead atoms. The van der Waals surface area contributed by atoms with Crippen molar-refractivity contribution in [1.82, 2.24) is 4.90 Å². The maximum absolute atomic E-state index is 13.0. The second-order valence-corrected chi connectivity index (χ2v) is 6.85. The topological polar surface area (TPSA) is 20.3 Å². The van der Waals surface area contributed by atoms with E-state index in [-0.39, 0.29) is 11.7 Å². The van der Waals surface area contributed by atoms with E-state index in [1.165, 1.54) is 17.7 Å². The molecule has 0 aliphatic carbocycles. The van der Waals surface area contributed by atoms with Crippen LogP contribution in [0, 0.1) is 17.7 Å². The van der Waals surface area contributed by atoms with Gasteiger partial charge in [0.2, 0.25) is 5.91 Å². The van der Waals surface area contributed by atoms with Crippen molar-refractivity contribution in [2.45, 2.75) is 58.8 Å². The second-order valence-electron chi connectivity index (χ2n) is 6.85. The highest BCUT2D eigenvalue weighted by Gasteiger charge is 2.27. The van der Waals surface area contributed by atoms with Crippen LogP contribution >= 0.6 is 0 Å². The zero-order valence-electron chi connectivity index (χ0n) is 14.6. The first kappa shape index (κ1) is 18.0. The molecular formula is C20H30FNO. The first-order valence-corrected chi connectivity index (χ1v) is 9.17. The Labute approximate surface area is 140 Å². The van der Waals surface area contributed by atoms with E-state index in [0.717, 1.165) is 58.0 Å². The molecule has 2 nitrogen and oxygen atoms in total. The number of piperidine rings is 1. The van der Waals surface area contributed by atoms with Gasteiger partial charge in [0.25, 0.3) is 0 Å². The molecule has 1 unspecified atom stereocenters. The molecule has 3 heteroatoms. The number of rotatable bonds is 7. The number of nitrogens with zero attached hydrogens (tertiary/aromatic N) is 1. The molecule has 0 saturated carbocycles. The lowest BCUT2D eigenvalue weighted by molar-refractivity contribution is -0.137. The largest absolute Gasteiger partial charge is 0.342 e. The number of amides is 1. The van der Waals surface area contributed by atoms with Crippen LogP contribution in [0.25, 0.3) is 0 Å². The van der Waals surface area contributed by atoms with E-state index in [2.05, 4.69) is 18.7 Å². The summed E-state index contributed by atoms with van der Waals surface area (Å²) in [5.74, 6) is 1.01. The van der Waals surface area contributed by atoms with Gasteiger partial charge in [-0.15, -0.1) is 0 Å². The van der Waals surface area contributed by atoms with Crippen LogP contribution in [0.4, 0.5) is 4.39 Å². The summed E-state index contributed by atoms with van der Waals surface area (Å²) in [6.07, 6.45) is 7.40.